The zero-order valence-electron chi connectivity index (χ0n) is 10.6. The van der Waals surface area contributed by atoms with Crippen LogP contribution in [0.5, 0.6) is 0 Å². The van der Waals surface area contributed by atoms with Crippen LogP contribution >= 0.6 is 0 Å². The summed E-state index contributed by atoms with van der Waals surface area (Å²) >= 11 is 0. The molecule has 3 rings (SSSR count). The third-order valence-corrected chi connectivity index (χ3v) is 3.70. The van der Waals surface area contributed by atoms with Crippen LogP contribution in [0.1, 0.15) is 23.2 Å². The van der Waals surface area contributed by atoms with Crippen molar-refractivity contribution in [3.8, 4) is 0 Å². The van der Waals surface area contributed by atoms with Crippen LogP contribution in [-0.4, -0.2) is 47.5 Å². The molecule has 5 heteroatoms. The molecule has 0 atom stereocenters. The summed E-state index contributed by atoms with van der Waals surface area (Å²) in [6, 6.07) is 1.86. The number of hydrogen-bond acceptors (Lipinski definition) is 3. The molecule has 2 fully saturated rings. The van der Waals surface area contributed by atoms with Gasteiger partial charge in [-0.25, -0.2) is 0 Å². The summed E-state index contributed by atoms with van der Waals surface area (Å²) in [6.45, 7) is 2.75. The van der Waals surface area contributed by atoms with E-state index in [1.165, 1.54) is 0 Å². The Labute approximate surface area is 106 Å². The third-order valence-electron chi connectivity index (χ3n) is 3.70. The third kappa shape index (κ3) is 2.04. The van der Waals surface area contributed by atoms with Gasteiger partial charge in [0.15, 0.2) is 5.79 Å². The molecule has 1 aromatic heterocycles. The number of nitrogens with zero attached hydrogens (tertiary/aromatic N) is 2. The number of hydrogen-bond donors (Lipinski definition) is 0. The average molecular weight is 250 g/mol. The number of carbonyl (C=O) groups excluding carboxylic acids is 1. The van der Waals surface area contributed by atoms with Gasteiger partial charge in [-0.1, -0.05) is 0 Å². The smallest absolute Gasteiger partial charge is 0.255 e. The van der Waals surface area contributed by atoms with Crippen molar-refractivity contribution in [1.82, 2.24) is 9.47 Å². The number of amides is 1. The van der Waals surface area contributed by atoms with Crippen LogP contribution in [0.2, 0.25) is 0 Å². The number of aromatic nitrogens is 1. The molecule has 0 bridgehead atoms. The summed E-state index contributed by atoms with van der Waals surface area (Å²) in [7, 11) is 1.92. The van der Waals surface area contributed by atoms with Gasteiger partial charge >= 0.3 is 0 Å². The number of carbonyl (C=O) groups is 1. The second-order valence-electron chi connectivity index (χ2n) is 4.97. The second-order valence-corrected chi connectivity index (χ2v) is 4.97. The molecule has 1 amide bonds. The predicted molar refractivity (Wildman–Crippen MR) is 65.2 cm³/mol. The molecule has 0 aromatic carbocycles. The summed E-state index contributed by atoms with van der Waals surface area (Å²) in [5.74, 6) is -0.309. The molecule has 1 aromatic rings. The molecule has 2 aliphatic rings. The summed E-state index contributed by atoms with van der Waals surface area (Å²) in [4.78, 5) is 14.1. The molecule has 0 radical (unpaired) electrons. The number of aryl methyl sites for hydroxylation is 1. The number of ether oxygens (including phenoxy) is 2. The average Bonchev–Trinajstić information content (AvgIpc) is 3.00. The first-order valence-electron chi connectivity index (χ1n) is 6.38. The number of likely N-dealkylation sites (tertiary alicyclic amines) is 1. The Balaban J connectivity index is 1.64. The SMILES string of the molecule is Cn1ccc(C(=O)N2CCC3(CC2)OCCO3)c1. The minimum Gasteiger partial charge on any atom is -0.356 e. The van der Waals surface area contributed by atoms with Crippen molar-refractivity contribution < 1.29 is 14.3 Å². The van der Waals surface area contributed by atoms with E-state index in [2.05, 4.69) is 0 Å². The van der Waals surface area contributed by atoms with Crippen LogP contribution in [0.25, 0.3) is 0 Å². The minimum absolute atomic E-state index is 0.100. The molecule has 18 heavy (non-hydrogen) atoms. The first kappa shape index (κ1) is 11.7. The Morgan fingerprint density at radius 3 is 2.50 bits per heavy atom. The number of piperidine rings is 1. The van der Waals surface area contributed by atoms with Crippen molar-refractivity contribution in [1.29, 1.82) is 0 Å². The van der Waals surface area contributed by atoms with E-state index in [0.29, 0.717) is 26.3 Å². The molecule has 2 aliphatic heterocycles. The first-order chi connectivity index (χ1) is 8.69. The van der Waals surface area contributed by atoms with Crippen molar-refractivity contribution in [3.05, 3.63) is 24.0 Å². The lowest BCUT2D eigenvalue weighted by Gasteiger charge is -2.37. The molecule has 0 saturated carbocycles. The first-order valence-corrected chi connectivity index (χ1v) is 6.38. The lowest BCUT2D eigenvalue weighted by atomic mass is 10.0. The summed E-state index contributed by atoms with van der Waals surface area (Å²) in [6.07, 6.45) is 5.29. The van der Waals surface area contributed by atoms with E-state index in [-0.39, 0.29) is 5.91 Å². The van der Waals surface area contributed by atoms with Crippen LogP contribution in [-0.2, 0) is 16.5 Å². The molecule has 2 saturated heterocycles. The largest absolute Gasteiger partial charge is 0.356 e. The van der Waals surface area contributed by atoms with Gasteiger partial charge in [-0.2, -0.15) is 0 Å². The van der Waals surface area contributed by atoms with E-state index in [4.69, 9.17) is 9.47 Å². The zero-order valence-corrected chi connectivity index (χ0v) is 10.6. The van der Waals surface area contributed by atoms with Crippen LogP contribution in [0.4, 0.5) is 0 Å². The van der Waals surface area contributed by atoms with Crippen molar-refractivity contribution in [3.63, 3.8) is 0 Å². The van der Waals surface area contributed by atoms with Crippen LogP contribution in [0, 0.1) is 0 Å². The minimum atomic E-state index is -0.409. The summed E-state index contributed by atoms with van der Waals surface area (Å²) < 4.78 is 13.2. The summed E-state index contributed by atoms with van der Waals surface area (Å²) in [5.41, 5.74) is 0.752. The maximum Gasteiger partial charge on any atom is 0.255 e. The Hall–Kier alpha value is -1.33. The van der Waals surface area contributed by atoms with Gasteiger partial charge in [0.25, 0.3) is 5.91 Å². The van der Waals surface area contributed by atoms with Crippen LogP contribution < -0.4 is 0 Å². The molecule has 3 heterocycles. The normalized spacial score (nSPS) is 22.6. The lowest BCUT2D eigenvalue weighted by molar-refractivity contribution is -0.181. The van der Waals surface area contributed by atoms with Crippen LogP contribution in [0.3, 0.4) is 0 Å². The Kier molecular flexibility index (Phi) is 2.87. The van der Waals surface area contributed by atoms with E-state index in [0.717, 1.165) is 18.4 Å². The van der Waals surface area contributed by atoms with Crippen molar-refractivity contribution >= 4 is 5.91 Å². The fourth-order valence-corrected chi connectivity index (χ4v) is 2.65. The quantitative estimate of drug-likeness (QED) is 0.747. The standard InChI is InChI=1S/C13H18N2O3/c1-14-5-2-11(10-14)12(16)15-6-3-13(4-7-15)17-8-9-18-13/h2,5,10H,3-4,6-9H2,1H3. The lowest BCUT2D eigenvalue weighted by Crippen LogP contribution is -2.47. The highest BCUT2D eigenvalue weighted by atomic mass is 16.7. The van der Waals surface area contributed by atoms with Crippen molar-refractivity contribution in [2.24, 2.45) is 7.05 Å². The predicted octanol–water partition coefficient (Wildman–Crippen LogP) is 1.00. The fraction of sp³-hybridized carbons (Fsp3) is 0.615. The molecule has 1 spiro atoms. The number of rotatable bonds is 1. The van der Waals surface area contributed by atoms with Crippen molar-refractivity contribution in [2.45, 2.75) is 18.6 Å². The fourth-order valence-electron chi connectivity index (χ4n) is 2.65. The van der Waals surface area contributed by atoms with E-state index in [1.54, 1.807) is 0 Å². The van der Waals surface area contributed by atoms with E-state index >= 15 is 0 Å². The molecule has 0 aliphatic carbocycles. The topological polar surface area (TPSA) is 43.7 Å². The summed E-state index contributed by atoms with van der Waals surface area (Å²) in [5, 5.41) is 0. The van der Waals surface area contributed by atoms with Crippen molar-refractivity contribution in [2.75, 3.05) is 26.3 Å². The Morgan fingerprint density at radius 1 is 1.28 bits per heavy atom. The van der Waals surface area contributed by atoms with Gasteiger partial charge in [-0.15, -0.1) is 0 Å². The van der Waals surface area contributed by atoms with E-state index in [1.807, 2.05) is 35.0 Å². The highest BCUT2D eigenvalue weighted by Gasteiger charge is 2.40. The van der Waals surface area contributed by atoms with E-state index in [9.17, 15) is 4.79 Å². The maximum absolute atomic E-state index is 12.2. The highest BCUT2D eigenvalue weighted by Crippen LogP contribution is 2.31. The van der Waals surface area contributed by atoms with Gasteiger partial charge in [0.05, 0.1) is 18.8 Å². The molecule has 0 N–H and O–H groups in total. The van der Waals surface area contributed by atoms with Gasteiger partial charge in [-0.05, 0) is 6.07 Å². The molecular weight excluding hydrogens is 232 g/mol. The van der Waals surface area contributed by atoms with E-state index < -0.39 is 5.79 Å². The second kappa shape index (κ2) is 4.40. The van der Waals surface area contributed by atoms with Gasteiger partial charge in [0, 0.05) is 45.4 Å². The maximum atomic E-state index is 12.2. The Morgan fingerprint density at radius 2 is 1.94 bits per heavy atom. The van der Waals surface area contributed by atoms with Gasteiger partial charge in [-0.3, -0.25) is 4.79 Å². The van der Waals surface area contributed by atoms with Gasteiger partial charge in [0.1, 0.15) is 0 Å². The zero-order chi connectivity index (χ0) is 12.6. The monoisotopic (exact) mass is 250 g/mol. The van der Waals surface area contributed by atoms with Gasteiger partial charge in [0.2, 0.25) is 0 Å². The Bertz CT molecular complexity index is 439. The molecular formula is C13H18N2O3. The molecule has 0 unspecified atom stereocenters. The molecule has 5 nitrogen and oxygen atoms in total. The van der Waals surface area contributed by atoms with Crippen LogP contribution in [0.15, 0.2) is 18.5 Å². The highest BCUT2D eigenvalue weighted by molar-refractivity contribution is 5.94. The molecule has 98 valence electrons. The van der Waals surface area contributed by atoms with Gasteiger partial charge < -0.3 is 18.9 Å².